The molecule has 37 heavy (non-hydrogen) atoms. The summed E-state index contributed by atoms with van der Waals surface area (Å²) < 4.78 is 0. The van der Waals surface area contributed by atoms with Gasteiger partial charge in [-0.2, -0.15) is 0 Å². The first-order chi connectivity index (χ1) is 17.9. The van der Waals surface area contributed by atoms with E-state index in [-0.39, 0.29) is 0 Å². The van der Waals surface area contributed by atoms with Crippen molar-refractivity contribution in [2.75, 3.05) is 36.0 Å². The SMILES string of the molecule is CC1CC(C)CN(c2c(Cl)c3cccc4c5cccc6cccc(c(c2N2CC(C)CC(C)C2)c34)c65)C1. The minimum Gasteiger partial charge on any atom is -0.369 e. The van der Waals surface area contributed by atoms with Crippen molar-refractivity contribution in [1.82, 2.24) is 0 Å². The van der Waals surface area contributed by atoms with Crippen LogP contribution in [-0.2, 0) is 0 Å². The Hall–Kier alpha value is -2.71. The van der Waals surface area contributed by atoms with E-state index in [1.807, 2.05) is 0 Å². The molecule has 5 aromatic carbocycles. The maximum absolute atomic E-state index is 7.55. The highest BCUT2D eigenvalue weighted by molar-refractivity contribution is 6.45. The zero-order chi connectivity index (χ0) is 25.4. The number of piperidine rings is 2. The lowest BCUT2D eigenvalue weighted by Crippen LogP contribution is -2.42. The van der Waals surface area contributed by atoms with Crippen LogP contribution < -0.4 is 9.80 Å². The normalized spacial score (nSPS) is 25.2. The van der Waals surface area contributed by atoms with Gasteiger partial charge in [0.2, 0.25) is 0 Å². The third-order valence-corrected chi connectivity index (χ3v) is 9.44. The summed E-state index contributed by atoms with van der Waals surface area (Å²) >= 11 is 7.55. The van der Waals surface area contributed by atoms with Crippen molar-refractivity contribution in [1.29, 1.82) is 0 Å². The molecule has 0 amide bonds. The number of hydrogen-bond donors (Lipinski definition) is 0. The molecule has 0 N–H and O–H groups in total. The summed E-state index contributed by atoms with van der Waals surface area (Å²) in [5.41, 5.74) is 2.66. The minimum atomic E-state index is 0.661. The quantitative estimate of drug-likeness (QED) is 0.173. The van der Waals surface area contributed by atoms with Crippen molar-refractivity contribution < 1.29 is 0 Å². The maximum atomic E-state index is 7.55. The topological polar surface area (TPSA) is 6.48 Å². The maximum Gasteiger partial charge on any atom is 0.0806 e. The van der Waals surface area contributed by atoms with E-state index in [9.17, 15) is 0 Å². The van der Waals surface area contributed by atoms with E-state index in [0.717, 1.165) is 31.2 Å². The molecule has 2 nitrogen and oxygen atoms in total. The summed E-state index contributed by atoms with van der Waals surface area (Å²) in [6.45, 7) is 14.0. The number of rotatable bonds is 2. The van der Waals surface area contributed by atoms with Crippen LogP contribution in [0.15, 0.2) is 54.6 Å². The molecule has 2 heterocycles. The fraction of sp³-hybridized carbons (Fsp3) is 0.412. The molecule has 0 radical (unpaired) electrons. The molecular weight excluding hydrogens is 472 g/mol. The van der Waals surface area contributed by atoms with Gasteiger partial charge in [-0.15, -0.1) is 0 Å². The first kappa shape index (κ1) is 23.4. The molecule has 2 aliphatic heterocycles. The van der Waals surface area contributed by atoms with E-state index < -0.39 is 0 Å². The number of benzene rings is 5. The highest BCUT2D eigenvalue weighted by Crippen LogP contribution is 2.53. The van der Waals surface area contributed by atoms with Crippen molar-refractivity contribution in [2.45, 2.75) is 40.5 Å². The van der Waals surface area contributed by atoms with Gasteiger partial charge < -0.3 is 9.80 Å². The predicted molar refractivity (Wildman–Crippen MR) is 163 cm³/mol. The molecule has 0 spiro atoms. The molecule has 4 atom stereocenters. The standard InChI is InChI=1S/C34H37ClN2/c1-20-14-21(2)17-36(16-20)33-31-27-12-6-9-24-8-5-10-25(29(24)27)26-11-7-13-28(30(26)31)32(35)34(33)37-18-22(3)15-23(4)19-37/h5-13,20-23H,14-19H2,1-4H3. The van der Waals surface area contributed by atoms with E-state index in [4.69, 9.17) is 11.6 Å². The number of nitrogens with zero attached hydrogens (tertiary/aromatic N) is 2. The molecule has 0 aromatic heterocycles. The second-order valence-corrected chi connectivity index (χ2v) is 12.9. The zero-order valence-electron chi connectivity index (χ0n) is 22.5. The van der Waals surface area contributed by atoms with Crippen LogP contribution in [0.1, 0.15) is 40.5 Å². The Morgan fingerprint density at radius 3 is 1.59 bits per heavy atom. The Kier molecular flexibility index (Phi) is 5.48. The van der Waals surface area contributed by atoms with Crippen LogP contribution in [0.2, 0.25) is 5.02 Å². The van der Waals surface area contributed by atoms with Gasteiger partial charge >= 0.3 is 0 Å². The molecule has 2 aliphatic rings. The summed E-state index contributed by atoms with van der Waals surface area (Å²) in [7, 11) is 0. The van der Waals surface area contributed by atoms with Crippen molar-refractivity contribution in [3.63, 3.8) is 0 Å². The van der Waals surface area contributed by atoms with Crippen molar-refractivity contribution >= 4 is 66.1 Å². The second kappa shape index (κ2) is 8.67. The van der Waals surface area contributed by atoms with Gasteiger partial charge in [-0.1, -0.05) is 93.9 Å². The van der Waals surface area contributed by atoms with Crippen LogP contribution in [0.4, 0.5) is 11.4 Å². The van der Waals surface area contributed by atoms with Crippen LogP contribution in [0, 0.1) is 23.7 Å². The zero-order valence-corrected chi connectivity index (χ0v) is 23.3. The Morgan fingerprint density at radius 1 is 0.541 bits per heavy atom. The van der Waals surface area contributed by atoms with Crippen LogP contribution >= 0.6 is 11.6 Å². The van der Waals surface area contributed by atoms with Gasteiger partial charge in [-0.05, 0) is 63.4 Å². The molecule has 0 saturated carbocycles. The van der Waals surface area contributed by atoms with Crippen molar-refractivity contribution in [3.05, 3.63) is 59.6 Å². The molecule has 7 rings (SSSR count). The first-order valence-corrected chi connectivity index (χ1v) is 14.6. The molecule has 2 saturated heterocycles. The Labute approximate surface area is 225 Å². The molecule has 3 heteroatoms. The van der Waals surface area contributed by atoms with Crippen molar-refractivity contribution in [2.24, 2.45) is 23.7 Å². The lowest BCUT2D eigenvalue weighted by Gasteiger charge is -2.43. The van der Waals surface area contributed by atoms with E-state index in [1.165, 1.54) is 67.3 Å². The molecule has 4 unspecified atom stereocenters. The first-order valence-electron chi connectivity index (χ1n) is 14.2. The number of halogens is 1. The van der Waals surface area contributed by atoms with Gasteiger partial charge in [0.05, 0.1) is 16.4 Å². The molecule has 0 bridgehead atoms. The van der Waals surface area contributed by atoms with Crippen LogP contribution in [0.25, 0.3) is 43.1 Å². The molecule has 0 aliphatic carbocycles. The smallest absolute Gasteiger partial charge is 0.0806 e. The summed E-state index contributed by atoms with van der Waals surface area (Å²) in [5, 5.41) is 11.6. The summed E-state index contributed by atoms with van der Waals surface area (Å²) in [4.78, 5) is 5.35. The Morgan fingerprint density at radius 2 is 1.00 bits per heavy atom. The monoisotopic (exact) mass is 508 g/mol. The molecule has 190 valence electrons. The summed E-state index contributed by atoms with van der Waals surface area (Å²) in [6, 6.07) is 20.4. The number of hydrogen-bond acceptors (Lipinski definition) is 2. The van der Waals surface area contributed by atoms with Gasteiger partial charge in [-0.25, -0.2) is 0 Å². The van der Waals surface area contributed by atoms with Crippen LogP contribution in [0.3, 0.4) is 0 Å². The van der Waals surface area contributed by atoms with E-state index in [2.05, 4.69) is 92.1 Å². The number of fused-ring (bicyclic) bond motifs is 2. The van der Waals surface area contributed by atoms with Gasteiger partial charge in [0.25, 0.3) is 0 Å². The predicted octanol–water partition coefficient (Wildman–Crippen LogP) is 9.36. The lowest BCUT2D eigenvalue weighted by molar-refractivity contribution is 0.351. The highest BCUT2D eigenvalue weighted by atomic mass is 35.5. The minimum absolute atomic E-state index is 0.661. The second-order valence-electron chi connectivity index (χ2n) is 12.5. The average molecular weight is 509 g/mol. The van der Waals surface area contributed by atoms with E-state index in [1.54, 1.807) is 0 Å². The molecule has 5 aromatic rings. The largest absolute Gasteiger partial charge is 0.369 e. The average Bonchev–Trinajstić information content (AvgIpc) is 2.86. The Bertz CT molecular complexity index is 1610. The fourth-order valence-electron chi connectivity index (χ4n) is 8.02. The van der Waals surface area contributed by atoms with Crippen molar-refractivity contribution in [3.8, 4) is 0 Å². The van der Waals surface area contributed by atoms with Crippen LogP contribution in [0.5, 0.6) is 0 Å². The lowest BCUT2D eigenvalue weighted by atomic mass is 9.85. The van der Waals surface area contributed by atoms with Gasteiger partial charge in [0, 0.05) is 42.3 Å². The number of anilines is 2. The summed E-state index contributed by atoms with van der Waals surface area (Å²) in [5.74, 6) is 2.66. The summed E-state index contributed by atoms with van der Waals surface area (Å²) in [6.07, 6.45) is 2.59. The molecular formula is C34H37ClN2. The van der Waals surface area contributed by atoms with Gasteiger partial charge in [-0.3, -0.25) is 0 Å². The molecule has 2 fully saturated rings. The third kappa shape index (κ3) is 3.59. The Balaban J connectivity index is 1.68. The third-order valence-electron chi connectivity index (χ3n) is 9.05. The fourth-order valence-corrected chi connectivity index (χ4v) is 8.39. The van der Waals surface area contributed by atoms with Gasteiger partial charge in [0.15, 0.2) is 0 Å². The highest BCUT2D eigenvalue weighted by Gasteiger charge is 2.33. The van der Waals surface area contributed by atoms with Crippen LogP contribution in [-0.4, -0.2) is 26.2 Å². The van der Waals surface area contributed by atoms with Gasteiger partial charge in [0.1, 0.15) is 0 Å². The van der Waals surface area contributed by atoms with E-state index in [0.29, 0.717) is 23.7 Å². The van der Waals surface area contributed by atoms with E-state index >= 15 is 0 Å².